The molecule has 0 N–H and O–H groups in total. The molecule has 1 fully saturated rings. The summed E-state index contributed by atoms with van der Waals surface area (Å²) in [4.78, 5) is 55.2. The van der Waals surface area contributed by atoms with E-state index in [9.17, 15) is 19.2 Å². The van der Waals surface area contributed by atoms with E-state index in [-0.39, 0.29) is 32.3 Å². The molecule has 1 rings (SSSR count). The van der Waals surface area contributed by atoms with Crippen LogP contribution in [0.1, 0.15) is 226 Å². The van der Waals surface area contributed by atoms with Crippen LogP contribution in [0, 0.1) is 0 Å². The number of esters is 4. The van der Waals surface area contributed by atoms with Gasteiger partial charge in [-0.2, -0.15) is 0 Å². The first kappa shape index (κ1) is 68.5. The van der Waals surface area contributed by atoms with Crippen LogP contribution in [0.3, 0.4) is 0 Å². The molecule has 0 aliphatic carbocycles. The second kappa shape index (κ2) is 51.6. The molecule has 75 heavy (non-hydrogen) atoms. The average molecular weight is 1040 g/mol. The van der Waals surface area contributed by atoms with Crippen LogP contribution in [0.2, 0.25) is 0 Å². The molecule has 1 heterocycles. The molecule has 0 radical (unpaired) electrons. The van der Waals surface area contributed by atoms with Crippen molar-refractivity contribution in [2.45, 2.75) is 251 Å². The van der Waals surface area contributed by atoms with Crippen molar-refractivity contribution in [2.24, 2.45) is 0 Å². The third-order valence-corrected chi connectivity index (χ3v) is 12.5. The summed E-state index contributed by atoms with van der Waals surface area (Å²) in [6.45, 7) is 6.90. The molecule has 0 amide bonds. The second-order valence-corrected chi connectivity index (χ2v) is 19.8. The van der Waals surface area contributed by atoms with E-state index < -0.39 is 48.5 Å². The van der Waals surface area contributed by atoms with Gasteiger partial charge in [-0.25, -0.2) is 0 Å². The minimum atomic E-state index is -1.32. The Morgan fingerprint density at radius 2 is 0.693 bits per heavy atom. The molecule has 0 bridgehead atoms. The number of rotatable bonds is 48. The van der Waals surface area contributed by atoms with Crippen LogP contribution in [0.15, 0.2) is 109 Å². The van der Waals surface area contributed by atoms with Crippen molar-refractivity contribution in [2.75, 3.05) is 27.2 Å². The van der Waals surface area contributed by atoms with Gasteiger partial charge in [0.25, 0.3) is 0 Å². The van der Waals surface area contributed by atoms with Crippen LogP contribution < -0.4 is 0 Å². The first-order valence-corrected chi connectivity index (χ1v) is 29.6. The zero-order valence-electron chi connectivity index (χ0n) is 47.9. The summed E-state index contributed by atoms with van der Waals surface area (Å²) in [5.74, 6) is -1.84. The third kappa shape index (κ3) is 43.3. The van der Waals surface area contributed by atoms with Gasteiger partial charge in [-0.1, -0.05) is 188 Å². The number of hydrogen-bond acceptors (Lipinski definition) is 10. The molecule has 0 aromatic carbocycles. The Hall–Kier alpha value is -4.54. The molecule has 1 aliphatic rings. The summed E-state index contributed by atoms with van der Waals surface area (Å²) in [6.07, 6.45) is 62.5. The molecule has 0 saturated carbocycles. The fraction of sp³-hybridized carbons (Fsp3) is 0.662. The number of hydrogen-bond donors (Lipinski definition) is 0. The van der Waals surface area contributed by atoms with Gasteiger partial charge in [0.2, 0.25) is 12.4 Å². The fourth-order valence-corrected chi connectivity index (χ4v) is 8.25. The van der Waals surface area contributed by atoms with Gasteiger partial charge in [-0.15, -0.1) is 0 Å². The molecule has 0 aromatic heterocycles. The molecule has 1 aliphatic heterocycles. The maximum Gasteiger partial charge on any atom is 0.308 e. The molecule has 0 spiro atoms. The van der Waals surface area contributed by atoms with Crippen LogP contribution in [-0.2, 0) is 42.9 Å². The highest BCUT2D eigenvalue weighted by atomic mass is 16.8. The molecule has 0 aromatic rings. The van der Waals surface area contributed by atoms with E-state index in [2.05, 4.69) is 130 Å². The summed E-state index contributed by atoms with van der Waals surface area (Å²) >= 11 is 0. The predicted octanol–water partition coefficient (Wildman–Crippen LogP) is 16.7. The Kier molecular flexibility index (Phi) is 47.1. The van der Waals surface area contributed by atoms with Crippen LogP contribution in [0.25, 0.3) is 0 Å². The summed E-state index contributed by atoms with van der Waals surface area (Å²) in [5, 5.41) is 0. The molecule has 1 unspecified atom stereocenters. The maximum atomic E-state index is 13.5. The SMILES string of the molecule is CC/C=C\C/C=C\C/C=C\CCCCCCCC(=O)OC1[C@H](OC(=O)CCCCCCC/C=C\C/C=C\C/C=C\CC)O[C@H](COC(=O)CCCN(C)C)[C@@H]1OC(=O)CCCCCCC/C=C\C/C=C\C/C=C\CC. The Labute approximate surface area is 457 Å². The standard InChI is InChI=1S/C65H105NO9/c1-6-9-12-15-18-21-24-27-30-33-36-39-42-45-48-52-60(68)73-63-58(57-71-59(67)55-51-56-66(4)5)72-65(75-62(70)54-50-47-44-41-38-35-32-29-26-23-20-17-14-11-8-3)64(63)74-61(69)53-49-46-43-40-37-34-31-28-25-22-19-16-13-10-7-2/h9-14,18-23,27-32,58,63-65H,6-8,15-17,24-26,33-57H2,1-5H3/b12-9-,13-10-,14-11-,21-18-,22-19-,23-20-,30-27-,31-28-,32-29-/t58-,63+,64?,65+/m1/s1. The number of ether oxygens (including phenoxy) is 5. The van der Waals surface area contributed by atoms with E-state index in [1.807, 2.05) is 19.0 Å². The Morgan fingerprint density at radius 1 is 0.373 bits per heavy atom. The fourth-order valence-electron chi connectivity index (χ4n) is 8.25. The van der Waals surface area contributed by atoms with Crippen molar-refractivity contribution >= 4 is 23.9 Å². The number of carbonyl (C=O) groups is 4. The molecule has 10 heteroatoms. The minimum Gasteiger partial charge on any atom is -0.463 e. The zero-order valence-corrected chi connectivity index (χ0v) is 47.9. The normalized spacial score (nSPS) is 17.4. The number of carbonyl (C=O) groups excluding carboxylic acids is 4. The van der Waals surface area contributed by atoms with Crippen molar-refractivity contribution in [3.63, 3.8) is 0 Å². The largest absolute Gasteiger partial charge is 0.463 e. The number of unbranched alkanes of at least 4 members (excludes halogenated alkanes) is 15. The highest BCUT2D eigenvalue weighted by Gasteiger charge is 2.52. The summed E-state index contributed by atoms with van der Waals surface area (Å²) in [5.41, 5.74) is 0. The zero-order chi connectivity index (χ0) is 54.5. The Morgan fingerprint density at radius 3 is 1.08 bits per heavy atom. The van der Waals surface area contributed by atoms with Gasteiger partial charge in [0.1, 0.15) is 12.7 Å². The first-order chi connectivity index (χ1) is 36.7. The van der Waals surface area contributed by atoms with Crippen molar-refractivity contribution < 1.29 is 42.9 Å². The van der Waals surface area contributed by atoms with Crippen LogP contribution in [-0.4, -0.2) is 80.6 Å². The lowest BCUT2D eigenvalue weighted by Gasteiger charge is -2.24. The van der Waals surface area contributed by atoms with Gasteiger partial charge >= 0.3 is 23.9 Å². The van der Waals surface area contributed by atoms with Crippen molar-refractivity contribution in [3.8, 4) is 0 Å². The van der Waals surface area contributed by atoms with Gasteiger partial charge in [-0.05, 0) is 143 Å². The lowest BCUT2D eigenvalue weighted by molar-refractivity contribution is -0.200. The maximum absolute atomic E-state index is 13.5. The first-order valence-electron chi connectivity index (χ1n) is 29.6. The van der Waals surface area contributed by atoms with Crippen molar-refractivity contribution in [3.05, 3.63) is 109 Å². The molecule has 4 atom stereocenters. The Balaban J connectivity index is 2.88. The van der Waals surface area contributed by atoms with E-state index >= 15 is 0 Å². The second-order valence-electron chi connectivity index (χ2n) is 19.8. The van der Waals surface area contributed by atoms with Crippen LogP contribution in [0.4, 0.5) is 0 Å². The lowest BCUT2D eigenvalue weighted by atomic mass is 10.1. The third-order valence-electron chi connectivity index (χ3n) is 12.5. The Bertz CT molecular complexity index is 1700. The van der Waals surface area contributed by atoms with E-state index in [1.54, 1.807) is 0 Å². The summed E-state index contributed by atoms with van der Waals surface area (Å²) < 4.78 is 29.9. The monoisotopic (exact) mass is 1040 g/mol. The summed E-state index contributed by atoms with van der Waals surface area (Å²) in [7, 11) is 3.88. The molecule has 1 saturated heterocycles. The molecule has 10 nitrogen and oxygen atoms in total. The van der Waals surface area contributed by atoms with E-state index in [1.165, 1.54) is 0 Å². The van der Waals surface area contributed by atoms with Crippen molar-refractivity contribution in [1.29, 1.82) is 0 Å². The average Bonchev–Trinajstić information content (AvgIpc) is 3.69. The molecular weight excluding hydrogens is 939 g/mol. The highest BCUT2D eigenvalue weighted by Crippen LogP contribution is 2.30. The predicted molar refractivity (Wildman–Crippen MR) is 311 cm³/mol. The van der Waals surface area contributed by atoms with Gasteiger partial charge in [0.05, 0.1) is 0 Å². The van der Waals surface area contributed by atoms with Gasteiger partial charge in [-0.3, -0.25) is 19.2 Å². The van der Waals surface area contributed by atoms with Gasteiger partial charge in [0.15, 0.2) is 6.10 Å². The minimum absolute atomic E-state index is 0.163. The van der Waals surface area contributed by atoms with Crippen LogP contribution in [0.5, 0.6) is 0 Å². The van der Waals surface area contributed by atoms with Crippen LogP contribution >= 0.6 is 0 Å². The molecule has 424 valence electrons. The van der Waals surface area contributed by atoms with E-state index in [0.717, 1.165) is 161 Å². The number of allylic oxidation sites excluding steroid dienone is 18. The van der Waals surface area contributed by atoms with Gasteiger partial charge < -0.3 is 28.6 Å². The smallest absolute Gasteiger partial charge is 0.308 e. The topological polar surface area (TPSA) is 118 Å². The quantitative estimate of drug-likeness (QED) is 0.0252. The highest BCUT2D eigenvalue weighted by molar-refractivity contribution is 5.72. The van der Waals surface area contributed by atoms with E-state index in [4.69, 9.17) is 23.7 Å². The lowest BCUT2D eigenvalue weighted by Crippen LogP contribution is -2.42. The van der Waals surface area contributed by atoms with E-state index in [0.29, 0.717) is 25.7 Å². The summed E-state index contributed by atoms with van der Waals surface area (Å²) in [6, 6.07) is 0. The van der Waals surface area contributed by atoms with Crippen molar-refractivity contribution in [1.82, 2.24) is 4.90 Å². The van der Waals surface area contributed by atoms with Gasteiger partial charge in [0, 0.05) is 25.7 Å². The molecular formula is C65H105NO9. The number of nitrogens with zero attached hydrogens (tertiary/aromatic N) is 1.